The molecule has 2 nitrogen and oxygen atoms in total. The van der Waals surface area contributed by atoms with Gasteiger partial charge in [-0.1, -0.05) is 6.92 Å². The van der Waals surface area contributed by atoms with Gasteiger partial charge in [-0.05, 0) is 26.3 Å². The zero-order chi connectivity index (χ0) is 7.98. The average Bonchev–Trinajstić information content (AvgIpc) is 1.88. The smallest absolute Gasteiger partial charge is 0.0364 e. The highest BCUT2D eigenvalue weighted by atomic mass is 14.7. The normalized spacial score (nSPS) is 13.9. The fourth-order valence-electron chi connectivity index (χ4n) is 0.665. The van der Waals surface area contributed by atoms with Crippen molar-refractivity contribution >= 4 is 5.71 Å². The molecule has 0 bridgehead atoms. The maximum Gasteiger partial charge on any atom is 0.0364 e. The van der Waals surface area contributed by atoms with Crippen LogP contribution in [0.2, 0.25) is 0 Å². The molecule has 0 heterocycles. The maximum atomic E-state index is 5.58. The van der Waals surface area contributed by atoms with Gasteiger partial charge in [0, 0.05) is 18.0 Å². The van der Waals surface area contributed by atoms with Crippen LogP contribution in [0.4, 0.5) is 0 Å². The van der Waals surface area contributed by atoms with Crippen LogP contribution in [0.5, 0.6) is 0 Å². The Hall–Kier alpha value is -0.790. The third kappa shape index (κ3) is 4.13. The molecule has 58 valence electrons. The van der Waals surface area contributed by atoms with Crippen LogP contribution in [0.3, 0.4) is 0 Å². The lowest BCUT2D eigenvalue weighted by Gasteiger charge is -1.94. The van der Waals surface area contributed by atoms with Crippen molar-refractivity contribution in [1.82, 2.24) is 0 Å². The van der Waals surface area contributed by atoms with Crippen molar-refractivity contribution in [3.05, 3.63) is 11.8 Å². The molecule has 2 heteroatoms. The second kappa shape index (κ2) is 5.03. The summed E-state index contributed by atoms with van der Waals surface area (Å²) in [6, 6.07) is 0. The minimum absolute atomic E-state index is 0.833. The molecule has 10 heavy (non-hydrogen) atoms. The van der Waals surface area contributed by atoms with Crippen LogP contribution < -0.4 is 5.73 Å². The van der Waals surface area contributed by atoms with Gasteiger partial charge in [0.1, 0.15) is 0 Å². The molecule has 0 saturated heterocycles. The minimum Gasteiger partial charge on any atom is -0.402 e. The molecule has 0 unspecified atom stereocenters. The van der Waals surface area contributed by atoms with E-state index >= 15 is 0 Å². The van der Waals surface area contributed by atoms with Crippen LogP contribution >= 0.6 is 0 Å². The average molecular weight is 140 g/mol. The topological polar surface area (TPSA) is 38.4 Å². The second-order valence-electron chi connectivity index (χ2n) is 2.19. The number of nitrogens with zero attached hydrogens (tertiary/aromatic N) is 1. The summed E-state index contributed by atoms with van der Waals surface area (Å²) in [4.78, 5) is 4.17. The van der Waals surface area contributed by atoms with Gasteiger partial charge in [0.05, 0.1) is 0 Å². The summed E-state index contributed by atoms with van der Waals surface area (Å²) < 4.78 is 0. The molecule has 0 spiro atoms. The number of hydrogen-bond acceptors (Lipinski definition) is 2. The molecule has 0 rings (SSSR count). The Morgan fingerprint density at radius 1 is 1.50 bits per heavy atom. The van der Waals surface area contributed by atoms with Crippen LogP contribution in [0, 0.1) is 0 Å². The Bertz CT molecular complexity index is 145. The van der Waals surface area contributed by atoms with Crippen molar-refractivity contribution in [2.45, 2.75) is 27.2 Å². The monoisotopic (exact) mass is 140 g/mol. The van der Waals surface area contributed by atoms with E-state index in [9.17, 15) is 0 Å². The summed E-state index contributed by atoms with van der Waals surface area (Å²) in [7, 11) is 0. The van der Waals surface area contributed by atoms with Crippen molar-refractivity contribution in [1.29, 1.82) is 0 Å². The molecular formula is C8H16N2. The quantitative estimate of drug-likeness (QED) is 0.595. The molecule has 0 aromatic heterocycles. The fraction of sp³-hybridized carbons (Fsp3) is 0.625. The molecule has 0 radical (unpaired) electrons. The van der Waals surface area contributed by atoms with Crippen molar-refractivity contribution in [3.63, 3.8) is 0 Å². The van der Waals surface area contributed by atoms with E-state index in [1.54, 1.807) is 0 Å². The van der Waals surface area contributed by atoms with Crippen molar-refractivity contribution in [3.8, 4) is 0 Å². The zero-order valence-electron chi connectivity index (χ0n) is 7.02. The number of nitrogens with two attached hydrogens (primary N) is 1. The largest absolute Gasteiger partial charge is 0.402 e. The van der Waals surface area contributed by atoms with Gasteiger partial charge in [0.2, 0.25) is 0 Å². The summed E-state index contributed by atoms with van der Waals surface area (Å²) >= 11 is 0. The molecule has 0 atom stereocenters. The minimum atomic E-state index is 0.833. The van der Waals surface area contributed by atoms with E-state index in [4.69, 9.17) is 5.73 Å². The lowest BCUT2D eigenvalue weighted by molar-refractivity contribution is 1.07. The summed E-state index contributed by atoms with van der Waals surface area (Å²) in [6.45, 7) is 6.84. The molecule has 0 saturated carbocycles. The predicted octanol–water partition coefficient (Wildman–Crippen LogP) is 1.72. The van der Waals surface area contributed by atoms with E-state index < -0.39 is 0 Å². The molecule has 0 aliphatic carbocycles. The Labute approximate surface area is 62.8 Å². The van der Waals surface area contributed by atoms with Gasteiger partial charge in [-0.25, -0.2) is 0 Å². The van der Waals surface area contributed by atoms with Gasteiger partial charge < -0.3 is 5.73 Å². The van der Waals surface area contributed by atoms with Crippen LogP contribution in [0.15, 0.2) is 16.8 Å². The van der Waals surface area contributed by atoms with E-state index in [1.807, 2.05) is 26.8 Å². The molecule has 0 aromatic carbocycles. The predicted molar refractivity (Wildman–Crippen MR) is 46.2 cm³/mol. The molecular weight excluding hydrogens is 124 g/mol. The van der Waals surface area contributed by atoms with Crippen molar-refractivity contribution in [2.24, 2.45) is 10.7 Å². The highest BCUT2D eigenvalue weighted by molar-refractivity contribution is 5.93. The van der Waals surface area contributed by atoms with E-state index in [1.165, 1.54) is 0 Å². The standard InChI is InChI=1S/C8H16N2/c1-4-8(9)6-7(3)10-5-2/h6H,4-5,9H2,1-3H3/b8-6+,10-7?. The first kappa shape index (κ1) is 9.21. The number of aliphatic imine (C=N–C) groups is 1. The third-order valence-electron chi connectivity index (χ3n) is 1.21. The van der Waals surface area contributed by atoms with Gasteiger partial charge in [-0.3, -0.25) is 4.99 Å². The van der Waals surface area contributed by atoms with Crippen molar-refractivity contribution in [2.75, 3.05) is 6.54 Å². The zero-order valence-corrected chi connectivity index (χ0v) is 7.02. The highest BCUT2D eigenvalue weighted by Gasteiger charge is 1.85. The lowest BCUT2D eigenvalue weighted by atomic mass is 10.3. The van der Waals surface area contributed by atoms with Gasteiger partial charge in [-0.15, -0.1) is 0 Å². The summed E-state index contributed by atoms with van der Waals surface area (Å²) in [5.74, 6) is 0. The Balaban J connectivity index is 3.98. The molecule has 0 amide bonds. The van der Waals surface area contributed by atoms with Gasteiger partial charge in [0.25, 0.3) is 0 Å². The fourth-order valence-corrected chi connectivity index (χ4v) is 0.665. The van der Waals surface area contributed by atoms with Gasteiger partial charge >= 0.3 is 0 Å². The van der Waals surface area contributed by atoms with E-state index in [-0.39, 0.29) is 0 Å². The van der Waals surface area contributed by atoms with Gasteiger partial charge in [0.15, 0.2) is 0 Å². The summed E-state index contributed by atoms with van der Waals surface area (Å²) in [6.07, 6.45) is 2.82. The first-order valence-electron chi connectivity index (χ1n) is 3.67. The van der Waals surface area contributed by atoms with Crippen LogP contribution in [0.1, 0.15) is 27.2 Å². The first-order chi connectivity index (χ1) is 4.70. The number of rotatable bonds is 3. The van der Waals surface area contributed by atoms with Gasteiger partial charge in [-0.2, -0.15) is 0 Å². The maximum absolute atomic E-state index is 5.58. The summed E-state index contributed by atoms with van der Waals surface area (Å²) in [5, 5.41) is 0. The Morgan fingerprint density at radius 2 is 2.10 bits per heavy atom. The van der Waals surface area contributed by atoms with Crippen LogP contribution in [-0.4, -0.2) is 12.3 Å². The molecule has 2 N–H and O–H groups in total. The Morgan fingerprint density at radius 3 is 2.50 bits per heavy atom. The van der Waals surface area contributed by atoms with E-state index in [0.717, 1.165) is 24.4 Å². The second-order valence-corrected chi connectivity index (χ2v) is 2.19. The number of hydrogen-bond donors (Lipinski definition) is 1. The van der Waals surface area contributed by atoms with E-state index in [2.05, 4.69) is 4.99 Å². The molecule has 0 fully saturated rings. The van der Waals surface area contributed by atoms with Crippen molar-refractivity contribution < 1.29 is 0 Å². The summed E-state index contributed by atoms with van der Waals surface area (Å²) in [5.41, 5.74) is 7.50. The van der Waals surface area contributed by atoms with Crippen LogP contribution in [0.25, 0.3) is 0 Å². The highest BCUT2D eigenvalue weighted by Crippen LogP contribution is 1.91. The SMILES string of the molecule is CCN=C(C)/C=C(/N)CC. The van der Waals surface area contributed by atoms with E-state index in [0.29, 0.717) is 0 Å². The molecule has 0 aliphatic rings. The third-order valence-corrected chi connectivity index (χ3v) is 1.21. The van der Waals surface area contributed by atoms with Crippen LogP contribution in [-0.2, 0) is 0 Å². The first-order valence-corrected chi connectivity index (χ1v) is 3.67. The number of allylic oxidation sites excluding steroid dienone is 2. The Kier molecular flexibility index (Phi) is 4.63. The molecule has 0 aliphatic heterocycles. The lowest BCUT2D eigenvalue weighted by Crippen LogP contribution is -1.98. The molecule has 0 aromatic rings.